The topological polar surface area (TPSA) is 49.4 Å². The standard InChI is InChI=1S/C17H16BrClN2O2/c1-11-7-8-13(9-14(11)18)21(12(2)22)10-17(23)20-16-6-4-3-5-15(16)19/h3-9H,10H2,1-2H3,(H,20,23). The molecule has 6 heteroatoms. The lowest BCUT2D eigenvalue weighted by Crippen LogP contribution is -2.36. The summed E-state index contributed by atoms with van der Waals surface area (Å²) in [4.78, 5) is 25.5. The maximum absolute atomic E-state index is 12.2. The zero-order valence-corrected chi connectivity index (χ0v) is 15.1. The Hall–Kier alpha value is -1.85. The Bertz CT molecular complexity index is 749. The van der Waals surface area contributed by atoms with Crippen LogP contribution in [0, 0.1) is 6.92 Å². The molecule has 2 amide bonds. The predicted molar refractivity (Wildman–Crippen MR) is 97.0 cm³/mol. The summed E-state index contributed by atoms with van der Waals surface area (Å²) in [6.07, 6.45) is 0. The van der Waals surface area contributed by atoms with Crippen molar-refractivity contribution in [3.05, 3.63) is 57.5 Å². The first kappa shape index (κ1) is 17.5. The minimum atomic E-state index is -0.315. The summed E-state index contributed by atoms with van der Waals surface area (Å²) >= 11 is 9.46. The second-order valence-electron chi connectivity index (χ2n) is 5.07. The highest BCUT2D eigenvalue weighted by Gasteiger charge is 2.17. The predicted octanol–water partition coefficient (Wildman–Crippen LogP) is 4.40. The summed E-state index contributed by atoms with van der Waals surface area (Å²) in [6, 6.07) is 12.5. The minimum Gasteiger partial charge on any atom is -0.323 e. The lowest BCUT2D eigenvalue weighted by Gasteiger charge is -2.21. The molecule has 0 heterocycles. The molecule has 0 aliphatic heterocycles. The highest BCUT2D eigenvalue weighted by Crippen LogP contribution is 2.24. The molecular formula is C17H16BrClN2O2. The quantitative estimate of drug-likeness (QED) is 0.834. The van der Waals surface area contributed by atoms with Crippen molar-refractivity contribution in [1.29, 1.82) is 0 Å². The molecule has 0 saturated heterocycles. The number of rotatable bonds is 4. The fraction of sp³-hybridized carbons (Fsp3) is 0.176. The summed E-state index contributed by atoms with van der Waals surface area (Å²) in [7, 11) is 0. The second kappa shape index (κ2) is 7.62. The van der Waals surface area contributed by atoms with Gasteiger partial charge in [0.15, 0.2) is 0 Å². The number of carbonyl (C=O) groups excluding carboxylic acids is 2. The number of nitrogens with one attached hydrogen (secondary N) is 1. The molecule has 0 saturated carbocycles. The molecule has 0 fully saturated rings. The van der Waals surface area contributed by atoms with Gasteiger partial charge in [0.25, 0.3) is 0 Å². The maximum Gasteiger partial charge on any atom is 0.244 e. The van der Waals surface area contributed by atoms with E-state index in [1.165, 1.54) is 11.8 Å². The Kier molecular flexibility index (Phi) is 5.80. The van der Waals surface area contributed by atoms with Crippen LogP contribution < -0.4 is 10.2 Å². The molecule has 0 spiro atoms. The van der Waals surface area contributed by atoms with E-state index in [1.807, 2.05) is 25.1 Å². The van der Waals surface area contributed by atoms with Crippen LogP contribution in [0.25, 0.3) is 0 Å². The largest absolute Gasteiger partial charge is 0.323 e. The number of para-hydroxylation sites is 1. The van der Waals surface area contributed by atoms with Crippen LogP contribution >= 0.6 is 27.5 Å². The Morgan fingerprint density at radius 1 is 1.22 bits per heavy atom. The van der Waals surface area contributed by atoms with Crippen molar-refractivity contribution in [3.8, 4) is 0 Å². The van der Waals surface area contributed by atoms with Gasteiger partial charge >= 0.3 is 0 Å². The zero-order chi connectivity index (χ0) is 17.0. The first-order valence-electron chi connectivity index (χ1n) is 6.97. The van der Waals surface area contributed by atoms with Crippen molar-refractivity contribution in [2.45, 2.75) is 13.8 Å². The number of carbonyl (C=O) groups is 2. The van der Waals surface area contributed by atoms with Crippen LogP contribution in [-0.4, -0.2) is 18.4 Å². The van der Waals surface area contributed by atoms with Gasteiger partial charge in [0.05, 0.1) is 10.7 Å². The second-order valence-corrected chi connectivity index (χ2v) is 6.33. The average Bonchev–Trinajstić information content (AvgIpc) is 2.50. The van der Waals surface area contributed by atoms with Gasteiger partial charge in [-0.15, -0.1) is 0 Å². The minimum absolute atomic E-state index is 0.0872. The van der Waals surface area contributed by atoms with Gasteiger partial charge in [0.2, 0.25) is 11.8 Å². The first-order valence-corrected chi connectivity index (χ1v) is 8.14. The lowest BCUT2D eigenvalue weighted by atomic mass is 10.2. The van der Waals surface area contributed by atoms with E-state index in [4.69, 9.17) is 11.6 Å². The maximum atomic E-state index is 12.2. The number of aryl methyl sites for hydroxylation is 1. The molecule has 0 bridgehead atoms. The molecule has 1 N–H and O–H groups in total. The van der Waals surface area contributed by atoms with Crippen molar-refractivity contribution in [3.63, 3.8) is 0 Å². The zero-order valence-electron chi connectivity index (χ0n) is 12.8. The van der Waals surface area contributed by atoms with Crippen LogP contribution in [-0.2, 0) is 9.59 Å². The molecule has 0 radical (unpaired) electrons. The van der Waals surface area contributed by atoms with Crippen molar-refractivity contribution in [1.82, 2.24) is 0 Å². The van der Waals surface area contributed by atoms with E-state index in [-0.39, 0.29) is 18.4 Å². The van der Waals surface area contributed by atoms with Crippen molar-refractivity contribution >= 4 is 50.7 Å². The number of hydrogen-bond acceptors (Lipinski definition) is 2. The molecular weight excluding hydrogens is 380 g/mol. The van der Waals surface area contributed by atoms with Gasteiger partial charge in [-0.1, -0.05) is 45.7 Å². The van der Waals surface area contributed by atoms with Gasteiger partial charge in [-0.2, -0.15) is 0 Å². The molecule has 120 valence electrons. The van der Waals surface area contributed by atoms with Gasteiger partial charge in [0.1, 0.15) is 6.54 Å². The van der Waals surface area contributed by atoms with Crippen molar-refractivity contribution in [2.24, 2.45) is 0 Å². The first-order chi connectivity index (χ1) is 10.9. The van der Waals surface area contributed by atoms with E-state index in [0.717, 1.165) is 10.0 Å². The Morgan fingerprint density at radius 2 is 1.91 bits per heavy atom. The number of hydrogen-bond donors (Lipinski definition) is 1. The normalized spacial score (nSPS) is 10.3. The molecule has 0 aromatic heterocycles. The van der Waals surface area contributed by atoms with Crippen LogP contribution in [0.3, 0.4) is 0 Å². The molecule has 0 atom stereocenters. The molecule has 2 aromatic rings. The molecule has 2 rings (SSSR count). The van der Waals surface area contributed by atoms with E-state index in [0.29, 0.717) is 16.4 Å². The van der Waals surface area contributed by atoms with Gasteiger partial charge in [-0.3, -0.25) is 9.59 Å². The summed E-state index contributed by atoms with van der Waals surface area (Å²) < 4.78 is 0.882. The Morgan fingerprint density at radius 3 is 2.52 bits per heavy atom. The average molecular weight is 396 g/mol. The van der Waals surface area contributed by atoms with Crippen molar-refractivity contribution < 1.29 is 9.59 Å². The summed E-state index contributed by atoms with van der Waals surface area (Å²) in [5.74, 6) is -0.528. The van der Waals surface area contributed by atoms with Crippen LogP contribution in [0.5, 0.6) is 0 Å². The third-order valence-electron chi connectivity index (χ3n) is 3.30. The van der Waals surface area contributed by atoms with Gasteiger partial charge in [0, 0.05) is 17.1 Å². The highest BCUT2D eigenvalue weighted by molar-refractivity contribution is 9.10. The third-order valence-corrected chi connectivity index (χ3v) is 4.48. The highest BCUT2D eigenvalue weighted by atomic mass is 79.9. The molecule has 4 nitrogen and oxygen atoms in total. The number of nitrogens with zero attached hydrogens (tertiary/aromatic N) is 1. The summed E-state index contributed by atoms with van der Waals surface area (Å²) in [6.45, 7) is 3.29. The molecule has 0 unspecified atom stereocenters. The Balaban J connectivity index is 2.16. The number of amides is 2. The van der Waals surface area contributed by atoms with Gasteiger partial charge in [-0.05, 0) is 36.8 Å². The van der Waals surface area contributed by atoms with E-state index in [2.05, 4.69) is 21.2 Å². The molecule has 0 aliphatic rings. The molecule has 23 heavy (non-hydrogen) atoms. The van der Waals surface area contributed by atoms with Crippen LogP contribution in [0.1, 0.15) is 12.5 Å². The Labute approximate surface area is 148 Å². The van der Waals surface area contributed by atoms with Crippen LogP contribution in [0.15, 0.2) is 46.9 Å². The van der Waals surface area contributed by atoms with E-state index < -0.39 is 0 Å². The monoisotopic (exact) mass is 394 g/mol. The van der Waals surface area contributed by atoms with Gasteiger partial charge < -0.3 is 10.2 Å². The van der Waals surface area contributed by atoms with E-state index in [9.17, 15) is 9.59 Å². The number of halogens is 2. The molecule has 2 aromatic carbocycles. The van der Waals surface area contributed by atoms with Gasteiger partial charge in [-0.25, -0.2) is 0 Å². The van der Waals surface area contributed by atoms with E-state index in [1.54, 1.807) is 24.3 Å². The van der Waals surface area contributed by atoms with Crippen LogP contribution in [0.2, 0.25) is 5.02 Å². The number of benzene rings is 2. The molecule has 0 aliphatic carbocycles. The SMILES string of the molecule is CC(=O)N(CC(=O)Nc1ccccc1Cl)c1ccc(C)c(Br)c1. The summed E-state index contributed by atoms with van der Waals surface area (Å²) in [5, 5.41) is 3.17. The lowest BCUT2D eigenvalue weighted by molar-refractivity contribution is -0.120. The smallest absolute Gasteiger partial charge is 0.244 e. The fourth-order valence-electron chi connectivity index (χ4n) is 2.03. The summed E-state index contributed by atoms with van der Waals surface area (Å²) in [5.41, 5.74) is 2.23. The third kappa shape index (κ3) is 4.56. The van der Waals surface area contributed by atoms with E-state index >= 15 is 0 Å². The fourth-order valence-corrected chi connectivity index (χ4v) is 2.58. The van der Waals surface area contributed by atoms with Crippen LogP contribution in [0.4, 0.5) is 11.4 Å². The van der Waals surface area contributed by atoms with Crippen molar-refractivity contribution in [2.75, 3.05) is 16.8 Å². The number of anilines is 2.